The van der Waals surface area contributed by atoms with E-state index in [0.29, 0.717) is 5.82 Å². The van der Waals surface area contributed by atoms with Crippen LogP contribution in [0.3, 0.4) is 0 Å². The minimum Gasteiger partial charge on any atom is -0.384 e. The van der Waals surface area contributed by atoms with Crippen LogP contribution in [0.15, 0.2) is 36.7 Å². The SMILES string of the molecule is Cc1ccn2c(-c3ccnc(N)c3)nnc2c1. The Morgan fingerprint density at radius 2 is 2.06 bits per heavy atom. The van der Waals surface area contributed by atoms with Crippen LogP contribution >= 0.6 is 0 Å². The first-order chi connectivity index (χ1) is 8.24. The van der Waals surface area contributed by atoms with Crippen LogP contribution in [0, 0.1) is 6.92 Å². The summed E-state index contributed by atoms with van der Waals surface area (Å²) >= 11 is 0. The van der Waals surface area contributed by atoms with Crippen molar-refractivity contribution in [2.24, 2.45) is 0 Å². The van der Waals surface area contributed by atoms with Crippen LogP contribution in [-0.2, 0) is 0 Å². The van der Waals surface area contributed by atoms with E-state index >= 15 is 0 Å². The summed E-state index contributed by atoms with van der Waals surface area (Å²) in [5, 5.41) is 8.31. The van der Waals surface area contributed by atoms with E-state index in [-0.39, 0.29) is 0 Å². The van der Waals surface area contributed by atoms with Gasteiger partial charge in [-0.05, 0) is 36.8 Å². The second-order valence-electron chi connectivity index (χ2n) is 3.93. The maximum atomic E-state index is 5.66. The number of aromatic nitrogens is 4. The molecule has 0 unspecified atom stereocenters. The highest BCUT2D eigenvalue weighted by Gasteiger charge is 2.07. The van der Waals surface area contributed by atoms with Crippen molar-refractivity contribution in [1.82, 2.24) is 19.6 Å². The summed E-state index contributed by atoms with van der Waals surface area (Å²) in [6.07, 6.45) is 3.62. The lowest BCUT2D eigenvalue weighted by atomic mass is 10.2. The molecule has 0 saturated heterocycles. The van der Waals surface area contributed by atoms with Crippen molar-refractivity contribution in [3.05, 3.63) is 42.2 Å². The predicted molar refractivity (Wildman–Crippen MR) is 65.4 cm³/mol. The fraction of sp³-hybridized carbons (Fsp3) is 0.0833. The van der Waals surface area contributed by atoms with Gasteiger partial charge in [-0.2, -0.15) is 0 Å². The summed E-state index contributed by atoms with van der Waals surface area (Å²) in [5.41, 5.74) is 8.56. The molecular formula is C12H11N5. The molecule has 0 aliphatic heterocycles. The topological polar surface area (TPSA) is 69.1 Å². The molecule has 84 valence electrons. The highest BCUT2D eigenvalue weighted by atomic mass is 15.2. The highest BCUT2D eigenvalue weighted by Crippen LogP contribution is 2.19. The molecule has 3 heterocycles. The summed E-state index contributed by atoms with van der Waals surface area (Å²) in [5.74, 6) is 1.25. The van der Waals surface area contributed by atoms with Crippen molar-refractivity contribution >= 4 is 11.5 Å². The van der Waals surface area contributed by atoms with Gasteiger partial charge in [-0.1, -0.05) is 0 Å². The third-order valence-corrected chi connectivity index (χ3v) is 2.60. The monoisotopic (exact) mass is 225 g/mol. The van der Waals surface area contributed by atoms with Crippen molar-refractivity contribution in [2.45, 2.75) is 6.92 Å². The second-order valence-corrected chi connectivity index (χ2v) is 3.93. The Hall–Kier alpha value is -2.43. The predicted octanol–water partition coefficient (Wildman–Crippen LogP) is 1.68. The minimum absolute atomic E-state index is 0.478. The van der Waals surface area contributed by atoms with Crippen LogP contribution in [-0.4, -0.2) is 19.6 Å². The third-order valence-electron chi connectivity index (χ3n) is 2.60. The normalized spacial score (nSPS) is 10.9. The smallest absolute Gasteiger partial charge is 0.168 e. The minimum atomic E-state index is 0.478. The van der Waals surface area contributed by atoms with Crippen molar-refractivity contribution in [3.8, 4) is 11.4 Å². The molecule has 0 atom stereocenters. The van der Waals surface area contributed by atoms with Gasteiger partial charge in [0.1, 0.15) is 5.82 Å². The molecule has 0 bridgehead atoms. The molecule has 3 rings (SSSR count). The molecular weight excluding hydrogens is 214 g/mol. The number of hydrogen-bond acceptors (Lipinski definition) is 4. The fourth-order valence-corrected chi connectivity index (χ4v) is 1.78. The second kappa shape index (κ2) is 3.55. The molecule has 5 heteroatoms. The molecule has 0 amide bonds. The zero-order valence-corrected chi connectivity index (χ0v) is 9.33. The van der Waals surface area contributed by atoms with Gasteiger partial charge in [0, 0.05) is 18.0 Å². The van der Waals surface area contributed by atoms with Gasteiger partial charge in [0.05, 0.1) is 0 Å². The van der Waals surface area contributed by atoms with E-state index in [1.165, 1.54) is 0 Å². The summed E-state index contributed by atoms with van der Waals surface area (Å²) in [4.78, 5) is 3.96. The molecule has 0 aliphatic rings. The van der Waals surface area contributed by atoms with Gasteiger partial charge >= 0.3 is 0 Å². The van der Waals surface area contributed by atoms with Crippen molar-refractivity contribution in [1.29, 1.82) is 0 Å². The molecule has 0 aliphatic carbocycles. The Morgan fingerprint density at radius 3 is 2.88 bits per heavy atom. The Balaban J connectivity index is 2.24. The fourth-order valence-electron chi connectivity index (χ4n) is 1.78. The van der Waals surface area contributed by atoms with Gasteiger partial charge in [-0.25, -0.2) is 4.98 Å². The summed E-state index contributed by atoms with van der Waals surface area (Å²) in [6, 6.07) is 7.66. The van der Waals surface area contributed by atoms with Gasteiger partial charge < -0.3 is 5.73 Å². The maximum Gasteiger partial charge on any atom is 0.168 e. The maximum absolute atomic E-state index is 5.66. The van der Waals surface area contributed by atoms with Crippen LogP contribution in [0.4, 0.5) is 5.82 Å². The largest absolute Gasteiger partial charge is 0.384 e. The number of nitrogens with zero attached hydrogens (tertiary/aromatic N) is 4. The Morgan fingerprint density at radius 1 is 1.18 bits per heavy atom. The van der Waals surface area contributed by atoms with Crippen molar-refractivity contribution in [2.75, 3.05) is 5.73 Å². The first-order valence-electron chi connectivity index (χ1n) is 5.27. The van der Waals surface area contributed by atoms with E-state index < -0.39 is 0 Å². The molecule has 5 nitrogen and oxygen atoms in total. The van der Waals surface area contributed by atoms with Crippen LogP contribution in [0.25, 0.3) is 17.0 Å². The number of nitrogens with two attached hydrogens (primary N) is 1. The first kappa shape index (κ1) is 9.77. The first-order valence-corrected chi connectivity index (χ1v) is 5.27. The number of pyridine rings is 2. The van der Waals surface area contributed by atoms with Gasteiger partial charge in [-0.3, -0.25) is 4.40 Å². The molecule has 0 saturated carbocycles. The van der Waals surface area contributed by atoms with Gasteiger partial charge in [0.25, 0.3) is 0 Å². The summed E-state index contributed by atoms with van der Waals surface area (Å²) in [6.45, 7) is 2.03. The quantitative estimate of drug-likeness (QED) is 0.684. The molecule has 3 aromatic rings. The average molecular weight is 225 g/mol. The lowest BCUT2D eigenvalue weighted by molar-refractivity contribution is 1.11. The Bertz CT molecular complexity index is 686. The molecule has 17 heavy (non-hydrogen) atoms. The van der Waals surface area contributed by atoms with E-state index in [9.17, 15) is 0 Å². The highest BCUT2D eigenvalue weighted by molar-refractivity contribution is 5.62. The van der Waals surface area contributed by atoms with Crippen molar-refractivity contribution < 1.29 is 0 Å². The van der Waals surface area contributed by atoms with Gasteiger partial charge in [0.2, 0.25) is 0 Å². The van der Waals surface area contributed by atoms with Crippen LogP contribution in [0.2, 0.25) is 0 Å². The van der Waals surface area contributed by atoms with Crippen molar-refractivity contribution in [3.63, 3.8) is 0 Å². The number of anilines is 1. The van der Waals surface area contributed by atoms with Crippen LogP contribution in [0.5, 0.6) is 0 Å². The van der Waals surface area contributed by atoms with Crippen LogP contribution < -0.4 is 5.73 Å². The lowest BCUT2D eigenvalue weighted by Gasteiger charge is -2.01. The average Bonchev–Trinajstić information content (AvgIpc) is 2.71. The van der Waals surface area contributed by atoms with E-state index in [0.717, 1.165) is 22.6 Å². The molecule has 0 fully saturated rings. The number of hydrogen-bond donors (Lipinski definition) is 1. The molecule has 0 aromatic carbocycles. The zero-order valence-electron chi connectivity index (χ0n) is 9.33. The summed E-state index contributed by atoms with van der Waals surface area (Å²) in [7, 11) is 0. The van der Waals surface area contributed by atoms with E-state index in [4.69, 9.17) is 5.73 Å². The number of nitrogen functional groups attached to an aromatic ring is 1. The van der Waals surface area contributed by atoms with E-state index in [1.807, 2.05) is 35.7 Å². The van der Waals surface area contributed by atoms with Gasteiger partial charge in [-0.15, -0.1) is 10.2 Å². The number of aryl methyl sites for hydroxylation is 1. The number of rotatable bonds is 1. The van der Waals surface area contributed by atoms with E-state index in [2.05, 4.69) is 15.2 Å². The standard InChI is InChI=1S/C12H11N5/c1-8-3-5-17-11(6-8)15-16-12(17)9-2-4-14-10(13)7-9/h2-7H,1H3,(H2,13,14). The third kappa shape index (κ3) is 1.61. The molecule has 2 N–H and O–H groups in total. The Labute approximate surface area is 97.9 Å². The van der Waals surface area contributed by atoms with Gasteiger partial charge in [0.15, 0.2) is 11.5 Å². The lowest BCUT2D eigenvalue weighted by Crippen LogP contribution is -1.93. The molecule has 0 spiro atoms. The zero-order chi connectivity index (χ0) is 11.8. The molecule has 3 aromatic heterocycles. The Kier molecular flexibility index (Phi) is 2.04. The van der Waals surface area contributed by atoms with Crippen LogP contribution in [0.1, 0.15) is 5.56 Å². The van der Waals surface area contributed by atoms with E-state index in [1.54, 1.807) is 12.3 Å². The molecule has 0 radical (unpaired) electrons. The summed E-state index contributed by atoms with van der Waals surface area (Å²) < 4.78 is 1.93. The number of fused-ring (bicyclic) bond motifs is 1.